The Hall–Kier alpha value is -1.06. The second-order valence-electron chi connectivity index (χ2n) is 3.12. The second-order valence-corrected chi connectivity index (χ2v) is 3.12. The summed E-state index contributed by atoms with van der Waals surface area (Å²) in [5.74, 6) is 0.874. The Bertz CT molecular complexity index is 276. The van der Waals surface area contributed by atoms with Gasteiger partial charge < -0.3 is 15.8 Å². The molecule has 0 aliphatic rings. The molecule has 78 valence electrons. The zero-order valence-corrected chi connectivity index (χ0v) is 8.79. The van der Waals surface area contributed by atoms with Crippen molar-refractivity contribution in [3.8, 4) is 5.75 Å². The number of benzene rings is 1. The molecule has 0 saturated heterocycles. The van der Waals surface area contributed by atoms with Crippen molar-refractivity contribution in [1.29, 1.82) is 0 Å². The van der Waals surface area contributed by atoms with E-state index in [2.05, 4.69) is 18.3 Å². The van der Waals surface area contributed by atoms with E-state index in [0.717, 1.165) is 12.3 Å². The van der Waals surface area contributed by atoms with Crippen molar-refractivity contribution in [2.24, 2.45) is 5.73 Å². The highest BCUT2D eigenvalue weighted by Crippen LogP contribution is 2.18. The van der Waals surface area contributed by atoms with Crippen LogP contribution in [-0.2, 0) is 0 Å². The van der Waals surface area contributed by atoms with Gasteiger partial charge in [-0.15, -0.1) is 0 Å². The molecule has 0 bridgehead atoms. The normalized spacial score (nSPS) is 12.5. The molecule has 0 aliphatic carbocycles. The summed E-state index contributed by atoms with van der Waals surface area (Å²) >= 11 is 0. The van der Waals surface area contributed by atoms with Crippen LogP contribution in [0.4, 0.5) is 0 Å². The molecule has 1 rings (SSSR count). The van der Waals surface area contributed by atoms with Crippen molar-refractivity contribution >= 4 is 0 Å². The molecule has 14 heavy (non-hydrogen) atoms. The van der Waals surface area contributed by atoms with Gasteiger partial charge >= 0.3 is 0 Å². The number of methoxy groups -OCH3 is 1. The largest absolute Gasteiger partial charge is 0.497 e. The van der Waals surface area contributed by atoms with Gasteiger partial charge in [-0.25, -0.2) is 0 Å². The minimum Gasteiger partial charge on any atom is -0.497 e. The summed E-state index contributed by atoms with van der Waals surface area (Å²) < 4.78 is 5.16. The second kappa shape index (κ2) is 5.62. The van der Waals surface area contributed by atoms with Crippen LogP contribution in [0, 0.1) is 0 Å². The maximum absolute atomic E-state index is 5.68. The van der Waals surface area contributed by atoms with Crippen molar-refractivity contribution < 1.29 is 4.74 Å². The Morgan fingerprint density at radius 1 is 1.50 bits per heavy atom. The minimum atomic E-state index is 0.218. The van der Waals surface area contributed by atoms with E-state index in [-0.39, 0.29) is 6.04 Å². The van der Waals surface area contributed by atoms with Gasteiger partial charge in [-0.05, 0) is 24.2 Å². The molecule has 3 heteroatoms. The first-order valence-electron chi connectivity index (χ1n) is 4.89. The van der Waals surface area contributed by atoms with E-state index < -0.39 is 0 Å². The van der Waals surface area contributed by atoms with Gasteiger partial charge in [0.05, 0.1) is 7.11 Å². The Kier molecular flexibility index (Phi) is 4.43. The van der Waals surface area contributed by atoms with E-state index >= 15 is 0 Å². The van der Waals surface area contributed by atoms with Crippen LogP contribution in [0.15, 0.2) is 24.3 Å². The number of hydrogen-bond donors (Lipinski definition) is 2. The molecular weight excluding hydrogens is 176 g/mol. The van der Waals surface area contributed by atoms with Gasteiger partial charge in [0.2, 0.25) is 0 Å². The highest BCUT2D eigenvalue weighted by atomic mass is 16.5. The molecule has 0 amide bonds. The van der Waals surface area contributed by atoms with Crippen LogP contribution in [0.2, 0.25) is 0 Å². The first kappa shape index (κ1) is 11.0. The van der Waals surface area contributed by atoms with E-state index in [1.54, 1.807) is 7.11 Å². The molecular formula is C11H18N2O. The molecule has 0 spiro atoms. The van der Waals surface area contributed by atoms with Gasteiger partial charge in [-0.3, -0.25) is 0 Å². The third-order valence-corrected chi connectivity index (χ3v) is 2.18. The summed E-state index contributed by atoms with van der Waals surface area (Å²) in [6, 6.07) is 8.20. The van der Waals surface area contributed by atoms with Gasteiger partial charge in [-0.1, -0.05) is 19.1 Å². The van der Waals surface area contributed by atoms with Gasteiger partial charge in [0.15, 0.2) is 0 Å². The molecule has 0 aromatic heterocycles. The third-order valence-electron chi connectivity index (χ3n) is 2.18. The lowest BCUT2D eigenvalue weighted by atomic mass is 10.1. The predicted octanol–water partition coefficient (Wildman–Crippen LogP) is 1.30. The van der Waals surface area contributed by atoms with Crippen LogP contribution >= 0.6 is 0 Å². The Morgan fingerprint density at radius 2 is 2.29 bits per heavy atom. The molecule has 1 unspecified atom stereocenters. The van der Waals surface area contributed by atoms with Crippen LogP contribution in [0.3, 0.4) is 0 Å². The molecule has 1 aromatic carbocycles. The molecule has 0 saturated carbocycles. The lowest BCUT2D eigenvalue weighted by molar-refractivity contribution is 0.413. The molecule has 0 radical (unpaired) electrons. The third kappa shape index (κ3) is 2.72. The first-order chi connectivity index (χ1) is 6.81. The Morgan fingerprint density at radius 3 is 2.86 bits per heavy atom. The van der Waals surface area contributed by atoms with Crippen molar-refractivity contribution in [2.75, 3.05) is 20.2 Å². The standard InChI is InChI=1S/C11H18N2O/c1-3-13-11(8-12)9-5-4-6-10(7-9)14-2/h4-7,11,13H,3,8,12H2,1-2H3. The topological polar surface area (TPSA) is 47.3 Å². The van der Waals surface area contributed by atoms with E-state index in [1.165, 1.54) is 5.56 Å². The summed E-state index contributed by atoms with van der Waals surface area (Å²) in [7, 11) is 1.67. The average molecular weight is 194 g/mol. The summed E-state index contributed by atoms with van der Waals surface area (Å²) in [5, 5.41) is 3.32. The zero-order chi connectivity index (χ0) is 10.4. The number of nitrogens with two attached hydrogens (primary N) is 1. The van der Waals surface area contributed by atoms with Crippen molar-refractivity contribution in [3.05, 3.63) is 29.8 Å². The number of likely N-dealkylation sites (N-methyl/N-ethyl adjacent to an activating group) is 1. The van der Waals surface area contributed by atoms with Crippen molar-refractivity contribution in [2.45, 2.75) is 13.0 Å². The fraction of sp³-hybridized carbons (Fsp3) is 0.455. The highest BCUT2D eigenvalue weighted by molar-refractivity contribution is 5.30. The summed E-state index contributed by atoms with van der Waals surface area (Å²) in [4.78, 5) is 0. The monoisotopic (exact) mass is 194 g/mol. The predicted molar refractivity (Wildman–Crippen MR) is 58.5 cm³/mol. The summed E-state index contributed by atoms with van der Waals surface area (Å²) in [5.41, 5.74) is 6.85. The SMILES string of the molecule is CCNC(CN)c1cccc(OC)c1. The fourth-order valence-electron chi connectivity index (χ4n) is 1.44. The number of ether oxygens (including phenoxy) is 1. The molecule has 1 aromatic rings. The Labute approximate surface area is 85.3 Å². The van der Waals surface area contributed by atoms with Gasteiger partial charge in [0.25, 0.3) is 0 Å². The summed E-state index contributed by atoms with van der Waals surface area (Å²) in [6.45, 7) is 3.59. The van der Waals surface area contributed by atoms with E-state index in [4.69, 9.17) is 10.5 Å². The number of hydrogen-bond acceptors (Lipinski definition) is 3. The highest BCUT2D eigenvalue weighted by Gasteiger charge is 2.07. The number of nitrogens with one attached hydrogen (secondary N) is 1. The van der Waals surface area contributed by atoms with E-state index in [9.17, 15) is 0 Å². The quantitative estimate of drug-likeness (QED) is 0.743. The van der Waals surface area contributed by atoms with Crippen LogP contribution in [0.1, 0.15) is 18.5 Å². The van der Waals surface area contributed by atoms with Crippen molar-refractivity contribution in [3.63, 3.8) is 0 Å². The van der Waals surface area contributed by atoms with Crippen LogP contribution in [-0.4, -0.2) is 20.2 Å². The van der Waals surface area contributed by atoms with E-state index in [0.29, 0.717) is 6.54 Å². The van der Waals surface area contributed by atoms with Gasteiger partial charge in [-0.2, -0.15) is 0 Å². The molecule has 3 nitrogen and oxygen atoms in total. The zero-order valence-electron chi connectivity index (χ0n) is 8.79. The smallest absolute Gasteiger partial charge is 0.119 e. The minimum absolute atomic E-state index is 0.218. The Balaban J connectivity index is 2.80. The molecule has 1 atom stereocenters. The van der Waals surface area contributed by atoms with Gasteiger partial charge in [0, 0.05) is 12.6 Å². The van der Waals surface area contributed by atoms with E-state index in [1.807, 2.05) is 18.2 Å². The molecule has 3 N–H and O–H groups in total. The fourth-order valence-corrected chi connectivity index (χ4v) is 1.44. The lowest BCUT2D eigenvalue weighted by Crippen LogP contribution is -2.27. The molecule has 0 aliphatic heterocycles. The van der Waals surface area contributed by atoms with Gasteiger partial charge in [0.1, 0.15) is 5.75 Å². The van der Waals surface area contributed by atoms with Crippen LogP contribution in [0.5, 0.6) is 5.75 Å². The summed E-state index contributed by atoms with van der Waals surface area (Å²) in [6.07, 6.45) is 0. The number of rotatable bonds is 5. The molecule has 0 heterocycles. The maximum atomic E-state index is 5.68. The lowest BCUT2D eigenvalue weighted by Gasteiger charge is -2.16. The van der Waals surface area contributed by atoms with Crippen LogP contribution < -0.4 is 15.8 Å². The maximum Gasteiger partial charge on any atom is 0.119 e. The van der Waals surface area contributed by atoms with Crippen LogP contribution in [0.25, 0.3) is 0 Å². The first-order valence-corrected chi connectivity index (χ1v) is 4.89. The van der Waals surface area contributed by atoms with Crippen molar-refractivity contribution in [1.82, 2.24) is 5.32 Å². The molecule has 0 fully saturated rings. The average Bonchev–Trinajstić information content (AvgIpc) is 2.26.